The van der Waals surface area contributed by atoms with Crippen LogP contribution in [-0.4, -0.2) is 47.0 Å². The van der Waals surface area contributed by atoms with E-state index < -0.39 is 29.9 Å². The van der Waals surface area contributed by atoms with E-state index in [2.05, 4.69) is 32.6 Å². The number of aromatic nitrogens is 3. The van der Waals surface area contributed by atoms with Crippen LogP contribution in [0.4, 0.5) is 10.2 Å². The minimum Gasteiger partial charge on any atom is -0.387 e. The van der Waals surface area contributed by atoms with Gasteiger partial charge in [-0.3, -0.25) is 4.57 Å². The first-order valence-electron chi connectivity index (χ1n) is 6.26. The van der Waals surface area contributed by atoms with Crippen LogP contribution in [0.1, 0.15) is 13.2 Å². The van der Waals surface area contributed by atoms with Gasteiger partial charge in [-0.1, -0.05) is 22.6 Å². The van der Waals surface area contributed by atoms with Gasteiger partial charge < -0.3 is 20.7 Å². The van der Waals surface area contributed by atoms with E-state index in [9.17, 15) is 14.6 Å². The van der Waals surface area contributed by atoms with Gasteiger partial charge >= 0.3 is 0 Å². The number of ether oxygens (including phenoxy) is 1. The molecule has 1 aliphatic heterocycles. The third kappa shape index (κ3) is 2.10. The molecule has 21 heavy (non-hydrogen) atoms. The molecule has 2 aromatic heterocycles. The van der Waals surface area contributed by atoms with Crippen LogP contribution in [0.25, 0.3) is 11.0 Å². The first kappa shape index (κ1) is 14.9. The van der Waals surface area contributed by atoms with Crippen molar-refractivity contribution in [3.8, 4) is 0 Å². The Labute approximate surface area is 133 Å². The molecular formula is C12H14FIN4O3. The molecule has 7 nitrogen and oxygen atoms in total. The highest BCUT2D eigenvalue weighted by molar-refractivity contribution is 14.1. The van der Waals surface area contributed by atoms with E-state index in [0.717, 1.165) is 6.20 Å². The fourth-order valence-electron chi connectivity index (χ4n) is 2.61. The standard InChI is InChI=1S/C12H14FIN4O3/c1-12(20)8(19)6(2-14)21-11(12)18-3-5(13)7-9(15)16-4-17-10(7)18/h3-4,6,8,11,19-20H,2H2,1H3,(H2,15,16,17)/t6-,8?,11-,12?/m1/s1. The maximum Gasteiger partial charge on any atom is 0.167 e. The third-order valence-corrected chi connectivity index (χ3v) is 4.62. The number of hydrogen-bond donors (Lipinski definition) is 3. The number of alkyl halides is 1. The first-order valence-corrected chi connectivity index (χ1v) is 7.78. The maximum atomic E-state index is 14.1. The van der Waals surface area contributed by atoms with E-state index in [1.807, 2.05) is 0 Å². The summed E-state index contributed by atoms with van der Waals surface area (Å²) in [5.74, 6) is -0.588. The average molecular weight is 408 g/mol. The number of halogens is 2. The summed E-state index contributed by atoms with van der Waals surface area (Å²) >= 11 is 2.05. The number of rotatable bonds is 2. The normalized spacial score (nSPS) is 32.9. The molecule has 4 atom stereocenters. The topological polar surface area (TPSA) is 106 Å². The lowest BCUT2D eigenvalue weighted by atomic mass is 9.97. The molecule has 2 aromatic rings. The van der Waals surface area contributed by atoms with Crippen molar-refractivity contribution in [2.75, 3.05) is 10.2 Å². The van der Waals surface area contributed by atoms with Crippen molar-refractivity contribution in [1.82, 2.24) is 14.5 Å². The minimum atomic E-state index is -1.58. The smallest absolute Gasteiger partial charge is 0.167 e. The average Bonchev–Trinajstić information content (AvgIpc) is 2.87. The summed E-state index contributed by atoms with van der Waals surface area (Å²) in [6.07, 6.45) is -0.237. The van der Waals surface area contributed by atoms with Gasteiger partial charge in [-0.05, 0) is 6.92 Å². The van der Waals surface area contributed by atoms with Crippen molar-refractivity contribution in [3.63, 3.8) is 0 Å². The summed E-state index contributed by atoms with van der Waals surface area (Å²) in [4.78, 5) is 7.76. The quantitative estimate of drug-likeness (QED) is 0.497. The van der Waals surface area contributed by atoms with E-state index in [1.165, 1.54) is 17.8 Å². The second kappa shape index (κ2) is 5.00. The Hall–Kier alpha value is -1.04. The van der Waals surface area contributed by atoms with Crippen LogP contribution < -0.4 is 5.73 Å². The van der Waals surface area contributed by atoms with E-state index >= 15 is 0 Å². The zero-order valence-electron chi connectivity index (χ0n) is 11.1. The molecule has 1 saturated heterocycles. The highest BCUT2D eigenvalue weighted by atomic mass is 127. The van der Waals surface area contributed by atoms with E-state index in [-0.39, 0.29) is 16.9 Å². The van der Waals surface area contributed by atoms with Crippen LogP contribution in [-0.2, 0) is 4.74 Å². The fraction of sp³-hybridized carbons (Fsp3) is 0.500. The molecule has 1 fully saturated rings. The van der Waals surface area contributed by atoms with E-state index in [0.29, 0.717) is 4.43 Å². The molecule has 114 valence electrons. The number of nitrogens with two attached hydrogens (primary N) is 1. The largest absolute Gasteiger partial charge is 0.387 e. The lowest BCUT2D eigenvalue weighted by Gasteiger charge is -2.27. The Kier molecular flexibility index (Phi) is 3.55. The maximum absolute atomic E-state index is 14.1. The summed E-state index contributed by atoms with van der Waals surface area (Å²) in [6.45, 7) is 1.45. The predicted molar refractivity (Wildman–Crippen MR) is 81.3 cm³/mol. The molecule has 0 bridgehead atoms. The van der Waals surface area contributed by atoms with Crippen LogP contribution in [0.3, 0.4) is 0 Å². The number of anilines is 1. The number of hydrogen-bond acceptors (Lipinski definition) is 6. The molecule has 3 heterocycles. The summed E-state index contributed by atoms with van der Waals surface area (Å²) in [5, 5.41) is 20.7. The van der Waals surface area contributed by atoms with Crippen LogP contribution in [0, 0.1) is 5.82 Å². The van der Waals surface area contributed by atoms with Crippen LogP contribution in [0.15, 0.2) is 12.5 Å². The van der Waals surface area contributed by atoms with Crippen LogP contribution in [0.2, 0.25) is 0 Å². The van der Waals surface area contributed by atoms with Crippen LogP contribution >= 0.6 is 22.6 Å². The molecule has 0 aliphatic carbocycles. The SMILES string of the molecule is CC1(O)C(O)[C@@H](CI)O[C@H]1n1cc(F)c2c(N)ncnc21. The van der Waals surface area contributed by atoms with Gasteiger partial charge in [-0.15, -0.1) is 0 Å². The second-order valence-electron chi connectivity index (χ2n) is 5.19. The van der Waals surface area contributed by atoms with Gasteiger partial charge in [0.2, 0.25) is 0 Å². The highest BCUT2D eigenvalue weighted by Crippen LogP contribution is 2.41. The third-order valence-electron chi connectivity index (χ3n) is 3.75. The van der Waals surface area contributed by atoms with Crippen molar-refractivity contribution in [3.05, 3.63) is 18.3 Å². The van der Waals surface area contributed by atoms with E-state index in [1.54, 1.807) is 0 Å². The molecule has 0 saturated carbocycles. The van der Waals surface area contributed by atoms with Crippen molar-refractivity contribution in [2.45, 2.75) is 31.0 Å². The Bertz CT molecular complexity index is 692. The lowest BCUT2D eigenvalue weighted by Crippen LogP contribution is -2.43. The molecule has 4 N–H and O–H groups in total. The zero-order valence-corrected chi connectivity index (χ0v) is 13.2. The predicted octanol–water partition coefficient (Wildman–Crippen LogP) is 0.597. The van der Waals surface area contributed by atoms with Gasteiger partial charge in [0.25, 0.3) is 0 Å². The van der Waals surface area contributed by atoms with Crippen molar-refractivity contribution in [2.24, 2.45) is 0 Å². The number of aliphatic hydroxyl groups is 2. The minimum absolute atomic E-state index is 0.0138. The monoisotopic (exact) mass is 408 g/mol. The van der Waals surface area contributed by atoms with Crippen LogP contribution in [0.5, 0.6) is 0 Å². The number of aliphatic hydroxyl groups excluding tert-OH is 1. The van der Waals surface area contributed by atoms with Gasteiger partial charge in [-0.2, -0.15) is 0 Å². The molecule has 0 radical (unpaired) electrons. The molecule has 0 spiro atoms. The molecule has 0 amide bonds. The lowest BCUT2D eigenvalue weighted by molar-refractivity contribution is -0.0934. The molecule has 1 aliphatic rings. The Morgan fingerprint density at radius 1 is 1.57 bits per heavy atom. The number of fused-ring (bicyclic) bond motifs is 1. The summed E-state index contributed by atoms with van der Waals surface area (Å²) in [7, 11) is 0. The highest BCUT2D eigenvalue weighted by Gasteiger charge is 2.53. The van der Waals surface area contributed by atoms with Gasteiger partial charge in [0, 0.05) is 10.6 Å². The molecule has 2 unspecified atom stereocenters. The Balaban J connectivity index is 2.15. The number of nitrogen functional groups attached to an aromatic ring is 1. The fourth-order valence-corrected chi connectivity index (χ4v) is 3.30. The van der Waals surface area contributed by atoms with E-state index in [4.69, 9.17) is 10.5 Å². The van der Waals surface area contributed by atoms with Crippen molar-refractivity contribution < 1.29 is 19.3 Å². The summed E-state index contributed by atoms with van der Waals surface area (Å²) in [6, 6.07) is 0. The van der Waals surface area contributed by atoms with Gasteiger partial charge in [0.15, 0.2) is 17.7 Å². The molecular weight excluding hydrogens is 394 g/mol. The molecule has 9 heteroatoms. The first-order chi connectivity index (χ1) is 9.87. The number of nitrogens with zero attached hydrogens (tertiary/aromatic N) is 3. The summed E-state index contributed by atoms with van der Waals surface area (Å²) < 4.78 is 21.6. The van der Waals surface area contributed by atoms with Gasteiger partial charge in [0.05, 0.1) is 11.5 Å². The second-order valence-corrected chi connectivity index (χ2v) is 6.07. The van der Waals surface area contributed by atoms with Gasteiger partial charge in [-0.25, -0.2) is 14.4 Å². The van der Waals surface area contributed by atoms with Gasteiger partial charge in [0.1, 0.15) is 23.9 Å². The zero-order chi connectivity index (χ0) is 15.4. The molecule has 0 aromatic carbocycles. The van der Waals surface area contributed by atoms with Crippen molar-refractivity contribution >= 4 is 39.4 Å². The Morgan fingerprint density at radius 2 is 2.29 bits per heavy atom. The van der Waals surface area contributed by atoms with Crippen molar-refractivity contribution in [1.29, 1.82) is 0 Å². The Morgan fingerprint density at radius 3 is 2.90 bits per heavy atom. The molecule has 3 rings (SSSR count). The summed E-state index contributed by atoms with van der Waals surface area (Å²) in [5.41, 5.74) is 4.30.